The van der Waals surface area contributed by atoms with E-state index in [0.29, 0.717) is 11.4 Å². The zero-order valence-corrected chi connectivity index (χ0v) is 14.9. The van der Waals surface area contributed by atoms with Gasteiger partial charge in [0.2, 0.25) is 0 Å². The van der Waals surface area contributed by atoms with Gasteiger partial charge in [-0.15, -0.1) is 0 Å². The summed E-state index contributed by atoms with van der Waals surface area (Å²) < 4.78 is 1.99. The molecule has 3 rings (SSSR count). The fraction of sp³-hybridized carbons (Fsp3) is 0.0588. The minimum absolute atomic E-state index is 0.499. The van der Waals surface area contributed by atoms with E-state index in [9.17, 15) is 5.26 Å². The summed E-state index contributed by atoms with van der Waals surface area (Å²) in [6.45, 7) is 2.02. The van der Waals surface area contributed by atoms with Crippen molar-refractivity contribution in [3.8, 4) is 6.07 Å². The highest BCUT2D eigenvalue weighted by Gasteiger charge is 2.09. The van der Waals surface area contributed by atoms with Crippen molar-refractivity contribution in [2.75, 3.05) is 0 Å². The molecule has 0 aliphatic rings. The number of hydrogen-bond donors (Lipinski definition) is 1. The van der Waals surface area contributed by atoms with Crippen molar-refractivity contribution in [1.29, 1.82) is 5.26 Å². The normalized spacial score (nSPS) is 11.6. The summed E-state index contributed by atoms with van der Waals surface area (Å²) in [7, 11) is 0. The van der Waals surface area contributed by atoms with Crippen molar-refractivity contribution >= 4 is 54.5 Å². The van der Waals surface area contributed by atoms with E-state index in [0.717, 1.165) is 31.1 Å². The molecule has 0 saturated carbocycles. The number of allylic oxidation sites excluding steroid dienone is 1. The van der Waals surface area contributed by atoms with Gasteiger partial charge in [-0.2, -0.15) is 5.26 Å². The SMILES string of the molecule is Cc1c(Br)cc(C=C(C#N)c2nc3ccccc3[nH]2)cc1Br. The quantitative estimate of drug-likeness (QED) is 0.563. The summed E-state index contributed by atoms with van der Waals surface area (Å²) in [6, 6.07) is 13.9. The summed E-state index contributed by atoms with van der Waals surface area (Å²) in [5.41, 5.74) is 4.33. The van der Waals surface area contributed by atoms with E-state index in [2.05, 4.69) is 47.9 Å². The molecule has 0 atom stereocenters. The first-order valence-corrected chi connectivity index (χ1v) is 8.19. The van der Waals surface area contributed by atoms with Gasteiger partial charge < -0.3 is 4.98 Å². The highest BCUT2D eigenvalue weighted by atomic mass is 79.9. The smallest absolute Gasteiger partial charge is 0.149 e. The number of rotatable bonds is 2. The maximum atomic E-state index is 9.46. The lowest BCUT2D eigenvalue weighted by Gasteiger charge is -2.04. The predicted octanol–water partition coefficient (Wildman–Crippen LogP) is 5.46. The summed E-state index contributed by atoms with van der Waals surface area (Å²) in [6.07, 6.45) is 1.83. The predicted molar refractivity (Wildman–Crippen MR) is 96.2 cm³/mol. The Morgan fingerprint density at radius 3 is 2.55 bits per heavy atom. The van der Waals surface area contributed by atoms with Gasteiger partial charge in [0.05, 0.1) is 16.6 Å². The van der Waals surface area contributed by atoms with Crippen LogP contribution in [0, 0.1) is 18.3 Å². The first-order valence-electron chi connectivity index (χ1n) is 6.61. The average molecular weight is 417 g/mol. The number of benzene rings is 2. The Kier molecular flexibility index (Phi) is 4.14. The number of nitrogens with zero attached hydrogens (tertiary/aromatic N) is 2. The van der Waals surface area contributed by atoms with Gasteiger partial charge in [0, 0.05) is 8.95 Å². The molecule has 3 nitrogen and oxygen atoms in total. The molecule has 0 aliphatic carbocycles. The molecule has 0 saturated heterocycles. The molecule has 0 amide bonds. The molecule has 1 heterocycles. The van der Waals surface area contributed by atoms with Crippen molar-refractivity contribution in [3.63, 3.8) is 0 Å². The van der Waals surface area contributed by atoms with E-state index in [1.54, 1.807) is 0 Å². The van der Waals surface area contributed by atoms with Crippen LogP contribution in [0.5, 0.6) is 0 Å². The molecule has 0 bridgehead atoms. The number of halogens is 2. The van der Waals surface area contributed by atoms with Gasteiger partial charge in [0.15, 0.2) is 0 Å². The molecule has 108 valence electrons. The van der Waals surface area contributed by atoms with Crippen molar-refractivity contribution in [1.82, 2.24) is 9.97 Å². The van der Waals surface area contributed by atoms with Crippen LogP contribution in [-0.4, -0.2) is 9.97 Å². The summed E-state index contributed by atoms with van der Waals surface area (Å²) in [5, 5.41) is 9.46. The van der Waals surface area contributed by atoms with E-state index in [-0.39, 0.29) is 0 Å². The summed E-state index contributed by atoms with van der Waals surface area (Å²) in [5.74, 6) is 0.580. The molecule has 1 N–H and O–H groups in total. The van der Waals surface area contributed by atoms with Crippen LogP contribution in [0.15, 0.2) is 45.3 Å². The maximum Gasteiger partial charge on any atom is 0.149 e. The minimum Gasteiger partial charge on any atom is -0.337 e. The number of aromatic nitrogens is 2. The van der Waals surface area contributed by atoms with Crippen LogP contribution in [0.25, 0.3) is 22.7 Å². The molecule has 2 aromatic carbocycles. The average Bonchev–Trinajstić information content (AvgIpc) is 2.93. The monoisotopic (exact) mass is 415 g/mol. The Labute approximate surface area is 144 Å². The van der Waals surface area contributed by atoms with Crippen LogP contribution in [0.1, 0.15) is 17.0 Å². The van der Waals surface area contributed by atoms with Gasteiger partial charge in [-0.25, -0.2) is 4.98 Å². The van der Waals surface area contributed by atoms with Gasteiger partial charge in [-0.05, 0) is 48.4 Å². The number of para-hydroxylation sites is 2. The van der Waals surface area contributed by atoms with Gasteiger partial charge in [0.25, 0.3) is 0 Å². The lowest BCUT2D eigenvalue weighted by Crippen LogP contribution is -1.86. The summed E-state index contributed by atoms with van der Waals surface area (Å²) >= 11 is 7.05. The van der Waals surface area contributed by atoms with Crippen LogP contribution in [-0.2, 0) is 0 Å². The fourth-order valence-electron chi connectivity index (χ4n) is 2.15. The van der Waals surface area contributed by atoms with Crippen LogP contribution in [0.3, 0.4) is 0 Å². The molecular formula is C17H11Br2N3. The second-order valence-corrected chi connectivity index (χ2v) is 6.59. The van der Waals surface area contributed by atoms with Crippen LogP contribution in [0.4, 0.5) is 0 Å². The van der Waals surface area contributed by atoms with Crippen molar-refractivity contribution in [2.45, 2.75) is 6.92 Å². The Morgan fingerprint density at radius 2 is 1.91 bits per heavy atom. The molecule has 0 aliphatic heterocycles. The van der Waals surface area contributed by atoms with E-state index in [1.807, 2.05) is 49.4 Å². The van der Waals surface area contributed by atoms with Gasteiger partial charge in [-0.1, -0.05) is 44.0 Å². The summed E-state index contributed by atoms with van der Waals surface area (Å²) in [4.78, 5) is 7.65. The number of fused-ring (bicyclic) bond motifs is 1. The first-order chi connectivity index (χ1) is 10.6. The number of aromatic amines is 1. The van der Waals surface area contributed by atoms with Crippen LogP contribution >= 0.6 is 31.9 Å². The molecule has 0 fully saturated rings. The topological polar surface area (TPSA) is 52.5 Å². The van der Waals surface area contributed by atoms with Gasteiger partial charge in [0.1, 0.15) is 11.9 Å². The largest absolute Gasteiger partial charge is 0.337 e. The second kappa shape index (κ2) is 6.07. The highest BCUT2D eigenvalue weighted by molar-refractivity contribution is 9.11. The number of imidazole rings is 1. The Bertz CT molecular complexity index is 876. The third-order valence-electron chi connectivity index (χ3n) is 3.38. The first kappa shape index (κ1) is 15.0. The fourth-order valence-corrected chi connectivity index (χ4v) is 3.37. The van der Waals surface area contributed by atoms with Crippen LogP contribution in [0.2, 0.25) is 0 Å². The molecule has 5 heteroatoms. The maximum absolute atomic E-state index is 9.46. The zero-order valence-electron chi connectivity index (χ0n) is 11.7. The van der Waals surface area contributed by atoms with E-state index >= 15 is 0 Å². The van der Waals surface area contributed by atoms with Crippen molar-refractivity contribution in [3.05, 3.63) is 62.3 Å². The van der Waals surface area contributed by atoms with E-state index in [4.69, 9.17) is 0 Å². The molecule has 22 heavy (non-hydrogen) atoms. The third-order valence-corrected chi connectivity index (χ3v) is 5.03. The lowest BCUT2D eigenvalue weighted by molar-refractivity contribution is 1.27. The molecular weight excluding hydrogens is 406 g/mol. The molecule has 0 unspecified atom stereocenters. The van der Waals surface area contributed by atoms with Crippen molar-refractivity contribution in [2.24, 2.45) is 0 Å². The number of hydrogen-bond acceptors (Lipinski definition) is 2. The van der Waals surface area contributed by atoms with Crippen LogP contribution < -0.4 is 0 Å². The standard InChI is InChI=1S/C17H11Br2N3/c1-10-13(18)7-11(8-14(10)19)6-12(9-20)17-21-15-4-2-3-5-16(15)22-17/h2-8H,1H3,(H,21,22). The number of H-pyrrole nitrogens is 1. The lowest BCUT2D eigenvalue weighted by atomic mass is 10.1. The Balaban J connectivity index is 2.09. The van der Waals surface area contributed by atoms with E-state index in [1.165, 1.54) is 0 Å². The van der Waals surface area contributed by atoms with Gasteiger partial charge in [-0.3, -0.25) is 0 Å². The Morgan fingerprint density at radius 1 is 1.23 bits per heavy atom. The number of nitriles is 1. The number of nitrogens with one attached hydrogen (secondary N) is 1. The third kappa shape index (κ3) is 2.85. The van der Waals surface area contributed by atoms with Gasteiger partial charge >= 0.3 is 0 Å². The Hall–Kier alpha value is -1.90. The zero-order chi connectivity index (χ0) is 15.7. The van der Waals surface area contributed by atoms with Crippen molar-refractivity contribution < 1.29 is 0 Å². The van der Waals surface area contributed by atoms with E-state index < -0.39 is 0 Å². The molecule has 0 spiro atoms. The molecule has 0 radical (unpaired) electrons. The highest BCUT2D eigenvalue weighted by Crippen LogP contribution is 2.28. The second-order valence-electron chi connectivity index (χ2n) is 4.88. The molecule has 1 aromatic heterocycles. The minimum atomic E-state index is 0.499. The molecule has 3 aromatic rings.